The monoisotopic (exact) mass is 462 g/mol. The molecule has 5 heteroatoms. The topological polar surface area (TPSA) is 79.2 Å². The van der Waals surface area contributed by atoms with Crippen molar-refractivity contribution < 1.29 is 25.1 Å². The van der Waals surface area contributed by atoms with Crippen molar-refractivity contribution in [2.24, 2.45) is 40.4 Å². The third-order valence-corrected chi connectivity index (χ3v) is 11.4. The zero-order chi connectivity index (χ0) is 23.8. The number of aliphatic hydroxyl groups excluding tert-OH is 3. The minimum atomic E-state index is -1.03. The standard InChI is InChI=1S/C28H46O5/c1-6-7-17(2)8-9-18(3)20-10-11-21-25(20,4)14-13-22-26(5)15-12-19(29)16-27(26)23(30)24(31)28(21,22)33-32-27/h8-9,17-24,29-31H,6-7,10-16H2,1-5H3/b9-8+/t17-,18-,19+,20-,21-,22-,23?,24?,25-,26-,27?,28?/m1/s1. The first-order valence-corrected chi connectivity index (χ1v) is 13.7. The first-order chi connectivity index (χ1) is 15.6. The van der Waals surface area contributed by atoms with Crippen LogP contribution in [-0.2, 0) is 9.78 Å². The van der Waals surface area contributed by atoms with Crippen LogP contribution in [0.2, 0.25) is 0 Å². The van der Waals surface area contributed by atoms with Gasteiger partial charge in [-0.25, -0.2) is 9.78 Å². The molecule has 4 unspecified atom stereocenters. The van der Waals surface area contributed by atoms with Gasteiger partial charge in [-0.1, -0.05) is 53.2 Å². The highest BCUT2D eigenvalue weighted by molar-refractivity contribution is 5.28. The van der Waals surface area contributed by atoms with Gasteiger partial charge < -0.3 is 15.3 Å². The van der Waals surface area contributed by atoms with Crippen LogP contribution in [0.3, 0.4) is 0 Å². The van der Waals surface area contributed by atoms with Crippen LogP contribution in [0.5, 0.6) is 0 Å². The summed E-state index contributed by atoms with van der Waals surface area (Å²) in [5.74, 6) is 1.91. The third-order valence-electron chi connectivity index (χ3n) is 11.4. The van der Waals surface area contributed by atoms with Crippen LogP contribution in [0.1, 0.15) is 92.4 Å². The Morgan fingerprint density at radius 1 is 0.909 bits per heavy atom. The highest BCUT2D eigenvalue weighted by atomic mass is 17.2. The number of aliphatic hydroxyl groups is 3. The molecule has 0 amide bonds. The van der Waals surface area contributed by atoms with Crippen LogP contribution in [0.4, 0.5) is 0 Å². The highest BCUT2D eigenvalue weighted by Crippen LogP contribution is 2.74. The van der Waals surface area contributed by atoms with Crippen LogP contribution in [-0.4, -0.2) is 44.8 Å². The Morgan fingerprint density at radius 2 is 1.67 bits per heavy atom. The predicted octanol–water partition coefficient (Wildman–Crippen LogP) is 4.78. The molecular formula is C28H46O5. The van der Waals surface area contributed by atoms with Crippen molar-refractivity contribution >= 4 is 0 Å². The van der Waals surface area contributed by atoms with E-state index in [1.807, 2.05) is 0 Å². The molecule has 4 aliphatic carbocycles. The molecule has 0 aromatic carbocycles. The Bertz CT molecular complexity index is 784. The van der Waals surface area contributed by atoms with Gasteiger partial charge in [-0.05, 0) is 74.0 Å². The molecule has 6 fully saturated rings. The summed E-state index contributed by atoms with van der Waals surface area (Å²) in [6, 6.07) is 0. The maximum Gasteiger partial charge on any atom is 0.140 e. The van der Waals surface area contributed by atoms with Crippen LogP contribution in [0.25, 0.3) is 0 Å². The quantitative estimate of drug-likeness (QED) is 0.405. The van der Waals surface area contributed by atoms with Gasteiger partial charge in [-0.2, -0.15) is 0 Å². The van der Waals surface area contributed by atoms with E-state index < -0.39 is 29.5 Å². The number of hydrogen-bond donors (Lipinski definition) is 3. The first kappa shape index (κ1) is 24.2. The zero-order valence-electron chi connectivity index (χ0n) is 21.3. The van der Waals surface area contributed by atoms with Crippen LogP contribution >= 0.6 is 0 Å². The lowest BCUT2D eigenvalue weighted by Crippen LogP contribution is -2.85. The molecule has 2 bridgehead atoms. The Kier molecular flexibility index (Phi) is 5.90. The second-order valence-electron chi connectivity index (χ2n) is 13.0. The van der Waals surface area contributed by atoms with Crippen molar-refractivity contribution in [3.05, 3.63) is 12.2 Å². The van der Waals surface area contributed by atoms with E-state index in [-0.39, 0.29) is 22.7 Å². The van der Waals surface area contributed by atoms with E-state index >= 15 is 0 Å². The first-order valence-electron chi connectivity index (χ1n) is 13.7. The molecule has 0 radical (unpaired) electrons. The smallest absolute Gasteiger partial charge is 0.140 e. The predicted molar refractivity (Wildman–Crippen MR) is 127 cm³/mol. The molecule has 4 saturated carbocycles. The summed E-state index contributed by atoms with van der Waals surface area (Å²) in [5, 5.41) is 33.6. The van der Waals surface area contributed by atoms with Gasteiger partial charge in [0.05, 0.1) is 6.10 Å². The van der Waals surface area contributed by atoms with Crippen molar-refractivity contribution in [2.45, 2.75) is 122 Å². The van der Waals surface area contributed by atoms with Gasteiger partial charge in [-0.3, -0.25) is 0 Å². The van der Waals surface area contributed by atoms with Gasteiger partial charge in [0, 0.05) is 17.8 Å². The van der Waals surface area contributed by atoms with E-state index in [2.05, 4.69) is 46.8 Å². The normalized spacial score (nSPS) is 55.2. The lowest BCUT2D eigenvalue weighted by atomic mass is 9.39. The molecule has 2 aliphatic heterocycles. The van der Waals surface area contributed by atoms with Crippen molar-refractivity contribution in [3.8, 4) is 0 Å². The van der Waals surface area contributed by atoms with Gasteiger partial charge in [0.25, 0.3) is 0 Å². The Balaban J connectivity index is 1.48. The Morgan fingerprint density at radius 3 is 2.39 bits per heavy atom. The Labute approximate surface area is 199 Å². The largest absolute Gasteiger partial charge is 0.393 e. The third kappa shape index (κ3) is 3.02. The molecule has 0 aromatic rings. The van der Waals surface area contributed by atoms with Crippen LogP contribution in [0.15, 0.2) is 12.2 Å². The molecule has 6 rings (SSSR count). The number of fused-ring (bicyclic) bond motifs is 3. The SMILES string of the molecule is CCC[C@@H](C)/C=C/[C@@H](C)[C@H]1CC[C@H]2C34OOC5(C[C@@H](O)CC[C@]5(C)[C@H]3CC[C@]12C)C(O)C4O. The van der Waals surface area contributed by atoms with Crippen LogP contribution in [0, 0.1) is 40.4 Å². The van der Waals surface area contributed by atoms with E-state index in [9.17, 15) is 15.3 Å². The molecule has 2 heterocycles. The second-order valence-corrected chi connectivity index (χ2v) is 13.0. The van der Waals surface area contributed by atoms with E-state index in [1.54, 1.807) is 0 Å². The number of rotatable bonds is 5. The minimum Gasteiger partial charge on any atom is -0.393 e. The summed E-state index contributed by atoms with van der Waals surface area (Å²) in [4.78, 5) is 12.5. The van der Waals surface area contributed by atoms with Gasteiger partial charge in [-0.15, -0.1) is 0 Å². The minimum absolute atomic E-state index is 0.0419. The maximum atomic E-state index is 11.7. The molecule has 188 valence electrons. The van der Waals surface area contributed by atoms with Gasteiger partial charge in [0.1, 0.15) is 23.4 Å². The average molecular weight is 463 g/mol. The lowest BCUT2D eigenvalue weighted by molar-refractivity contribution is -0.568. The van der Waals surface area contributed by atoms with Crippen molar-refractivity contribution in [2.75, 3.05) is 0 Å². The van der Waals surface area contributed by atoms with E-state index in [4.69, 9.17) is 9.78 Å². The molecule has 0 aromatic heterocycles. The van der Waals surface area contributed by atoms with Crippen LogP contribution < -0.4 is 0 Å². The van der Waals surface area contributed by atoms with Crippen molar-refractivity contribution in [3.63, 3.8) is 0 Å². The molecule has 2 spiro atoms. The summed E-state index contributed by atoms with van der Waals surface area (Å²) < 4.78 is 0. The maximum absolute atomic E-state index is 11.7. The van der Waals surface area contributed by atoms with E-state index in [1.165, 1.54) is 12.8 Å². The van der Waals surface area contributed by atoms with Crippen molar-refractivity contribution in [1.29, 1.82) is 0 Å². The summed E-state index contributed by atoms with van der Waals surface area (Å²) in [7, 11) is 0. The summed E-state index contributed by atoms with van der Waals surface area (Å²) in [5.41, 5.74) is -2.14. The molecule has 6 aliphatic rings. The average Bonchev–Trinajstić information content (AvgIpc) is 3.14. The molecule has 2 saturated heterocycles. The Hall–Kier alpha value is -0.460. The molecule has 33 heavy (non-hydrogen) atoms. The van der Waals surface area contributed by atoms with Crippen molar-refractivity contribution in [1.82, 2.24) is 0 Å². The molecular weight excluding hydrogens is 416 g/mol. The molecule has 3 N–H and O–H groups in total. The van der Waals surface area contributed by atoms with Gasteiger partial charge >= 0.3 is 0 Å². The second kappa shape index (κ2) is 8.03. The fourth-order valence-electron chi connectivity index (χ4n) is 9.71. The summed E-state index contributed by atoms with van der Waals surface area (Å²) >= 11 is 0. The van der Waals surface area contributed by atoms with E-state index in [0.717, 1.165) is 38.5 Å². The van der Waals surface area contributed by atoms with Gasteiger partial charge in [0.15, 0.2) is 0 Å². The highest BCUT2D eigenvalue weighted by Gasteiger charge is 2.82. The molecule has 12 atom stereocenters. The number of allylic oxidation sites excluding steroid dienone is 2. The lowest BCUT2D eigenvalue weighted by Gasteiger charge is -2.74. The summed E-state index contributed by atoms with van der Waals surface area (Å²) in [6.07, 6.45) is 10.8. The fraction of sp³-hybridized carbons (Fsp3) is 0.929. The summed E-state index contributed by atoms with van der Waals surface area (Å²) in [6.45, 7) is 11.5. The van der Waals surface area contributed by atoms with Gasteiger partial charge in [0.2, 0.25) is 0 Å². The van der Waals surface area contributed by atoms with E-state index in [0.29, 0.717) is 24.2 Å². The number of hydrogen-bond acceptors (Lipinski definition) is 5. The molecule has 5 nitrogen and oxygen atoms in total. The fourth-order valence-corrected chi connectivity index (χ4v) is 9.71. The zero-order valence-corrected chi connectivity index (χ0v) is 21.3.